The van der Waals surface area contributed by atoms with Crippen molar-refractivity contribution in [1.82, 2.24) is 0 Å². The molecule has 0 N–H and O–H groups in total. The first kappa shape index (κ1) is 21.0. The molecule has 32 heavy (non-hydrogen) atoms. The average molecular weight is 432 g/mol. The molecule has 4 rings (SSSR count). The first-order valence-corrected chi connectivity index (χ1v) is 9.69. The van der Waals surface area contributed by atoms with Crippen molar-refractivity contribution in [2.24, 2.45) is 0 Å². The number of esters is 1. The molecule has 3 aromatic carbocycles. The number of ether oxygens (including phenoxy) is 4. The van der Waals surface area contributed by atoms with Gasteiger partial charge in [-0.1, -0.05) is 18.2 Å². The third-order valence-corrected chi connectivity index (χ3v) is 4.95. The van der Waals surface area contributed by atoms with Gasteiger partial charge in [0.15, 0.2) is 0 Å². The predicted octanol–water partition coefficient (Wildman–Crippen LogP) is 4.71. The minimum atomic E-state index is -0.657. The fourth-order valence-corrected chi connectivity index (χ4v) is 3.34. The molecule has 0 saturated carbocycles. The molecule has 0 atom stereocenters. The van der Waals surface area contributed by atoms with E-state index in [1.807, 2.05) is 0 Å². The first-order chi connectivity index (χ1) is 15.5. The molecule has 1 aromatic heterocycles. The lowest BCUT2D eigenvalue weighted by molar-refractivity contribution is 0.0727. The van der Waals surface area contributed by atoms with E-state index in [9.17, 15) is 9.59 Å². The topological polar surface area (TPSA) is 84.2 Å². The summed E-state index contributed by atoms with van der Waals surface area (Å²) in [6.07, 6.45) is 0. The maximum Gasteiger partial charge on any atom is 0.351 e. The van der Waals surface area contributed by atoms with Crippen molar-refractivity contribution in [3.05, 3.63) is 82.7 Å². The Bertz CT molecular complexity index is 1310. The van der Waals surface area contributed by atoms with Crippen molar-refractivity contribution in [3.8, 4) is 34.1 Å². The second kappa shape index (κ2) is 8.85. The van der Waals surface area contributed by atoms with Crippen LogP contribution in [0.3, 0.4) is 0 Å². The Balaban J connectivity index is 1.66. The zero-order chi connectivity index (χ0) is 22.7. The fraction of sp³-hybridized carbons (Fsp3) is 0.120. The summed E-state index contributed by atoms with van der Waals surface area (Å²) in [5.74, 6) is 0.903. The Morgan fingerprint density at radius 1 is 0.781 bits per heavy atom. The van der Waals surface area contributed by atoms with Crippen LogP contribution in [0.1, 0.15) is 10.4 Å². The van der Waals surface area contributed by atoms with Crippen molar-refractivity contribution < 1.29 is 28.2 Å². The molecule has 1 heterocycles. The van der Waals surface area contributed by atoms with Gasteiger partial charge in [-0.05, 0) is 48.0 Å². The highest BCUT2D eigenvalue weighted by Crippen LogP contribution is 2.31. The summed E-state index contributed by atoms with van der Waals surface area (Å²) in [6.45, 7) is 0. The van der Waals surface area contributed by atoms with Crippen LogP contribution < -0.4 is 24.6 Å². The molecule has 0 aliphatic heterocycles. The number of benzene rings is 3. The smallest absolute Gasteiger partial charge is 0.351 e. The normalized spacial score (nSPS) is 10.6. The molecular weight excluding hydrogens is 412 g/mol. The SMILES string of the molecule is COc1ccc(-c2cc3ccc(OC(=O)c4c(OC)cccc4OC)cc3oc2=O)cc1. The zero-order valence-corrected chi connectivity index (χ0v) is 17.7. The van der Waals surface area contributed by atoms with Crippen LogP contribution in [0.4, 0.5) is 0 Å². The van der Waals surface area contributed by atoms with Gasteiger partial charge in [-0.2, -0.15) is 0 Å². The van der Waals surface area contributed by atoms with Crippen LogP contribution in [-0.2, 0) is 0 Å². The van der Waals surface area contributed by atoms with Gasteiger partial charge in [0.2, 0.25) is 0 Å². The number of hydrogen-bond acceptors (Lipinski definition) is 7. The molecule has 0 spiro atoms. The van der Waals surface area contributed by atoms with E-state index in [-0.39, 0.29) is 11.3 Å². The van der Waals surface area contributed by atoms with Gasteiger partial charge in [0, 0.05) is 11.5 Å². The predicted molar refractivity (Wildman–Crippen MR) is 119 cm³/mol. The quantitative estimate of drug-likeness (QED) is 0.248. The lowest BCUT2D eigenvalue weighted by Crippen LogP contribution is -2.12. The summed E-state index contributed by atoms with van der Waals surface area (Å²) in [4.78, 5) is 25.4. The number of fused-ring (bicyclic) bond motifs is 1. The third kappa shape index (κ3) is 4.00. The van der Waals surface area contributed by atoms with Crippen molar-refractivity contribution >= 4 is 16.9 Å². The second-order valence-corrected chi connectivity index (χ2v) is 6.80. The third-order valence-electron chi connectivity index (χ3n) is 4.95. The Hall–Kier alpha value is -4.26. The van der Waals surface area contributed by atoms with Crippen LogP contribution in [-0.4, -0.2) is 27.3 Å². The maximum atomic E-state index is 12.8. The van der Waals surface area contributed by atoms with Crippen LogP contribution >= 0.6 is 0 Å². The van der Waals surface area contributed by atoms with Gasteiger partial charge < -0.3 is 23.4 Å². The highest BCUT2D eigenvalue weighted by atomic mass is 16.5. The molecule has 0 fully saturated rings. The summed E-state index contributed by atoms with van der Waals surface area (Å²) < 4.78 is 26.7. The van der Waals surface area contributed by atoms with Crippen LogP contribution in [0, 0.1) is 0 Å². The summed E-state index contributed by atoms with van der Waals surface area (Å²) in [5.41, 5.74) is 1.08. The lowest BCUT2D eigenvalue weighted by Gasteiger charge is -2.12. The second-order valence-electron chi connectivity index (χ2n) is 6.80. The van der Waals surface area contributed by atoms with Crippen LogP contribution in [0.15, 0.2) is 75.9 Å². The van der Waals surface area contributed by atoms with E-state index in [0.717, 1.165) is 0 Å². The molecule has 0 amide bonds. The highest BCUT2D eigenvalue weighted by molar-refractivity contribution is 5.97. The molecule has 0 aliphatic carbocycles. The Morgan fingerprint density at radius 3 is 2.06 bits per heavy atom. The van der Waals surface area contributed by atoms with E-state index < -0.39 is 11.6 Å². The first-order valence-electron chi connectivity index (χ1n) is 9.69. The Labute approximate surface area is 183 Å². The van der Waals surface area contributed by atoms with Gasteiger partial charge in [0.25, 0.3) is 0 Å². The molecule has 0 radical (unpaired) electrons. The molecule has 162 valence electrons. The van der Waals surface area contributed by atoms with E-state index in [0.29, 0.717) is 39.3 Å². The highest BCUT2D eigenvalue weighted by Gasteiger charge is 2.21. The number of rotatable bonds is 6. The van der Waals surface area contributed by atoms with E-state index in [4.69, 9.17) is 23.4 Å². The maximum absolute atomic E-state index is 12.8. The number of carbonyl (C=O) groups excluding carboxylic acids is 1. The molecule has 0 saturated heterocycles. The van der Waals surface area contributed by atoms with Crippen LogP contribution in [0.5, 0.6) is 23.0 Å². The number of methoxy groups -OCH3 is 3. The molecule has 0 unspecified atom stereocenters. The number of hydrogen-bond donors (Lipinski definition) is 0. The monoisotopic (exact) mass is 432 g/mol. The van der Waals surface area contributed by atoms with Gasteiger partial charge in [-0.3, -0.25) is 0 Å². The largest absolute Gasteiger partial charge is 0.497 e. The van der Waals surface area contributed by atoms with Crippen molar-refractivity contribution in [2.75, 3.05) is 21.3 Å². The molecule has 0 aliphatic rings. The molecular formula is C25H20O7. The minimum absolute atomic E-state index is 0.161. The van der Waals surface area contributed by atoms with E-state index in [1.165, 1.54) is 20.3 Å². The van der Waals surface area contributed by atoms with Gasteiger partial charge in [-0.25, -0.2) is 9.59 Å². The fourth-order valence-electron chi connectivity index (χ4n) is 3.34. The molecule has 7 heteroatoms. The van der Waals surface area contributed by atoms with Crippen molar-refractivity contribution in [2.45, 2.75) is 0 Å². The number of carbonyl (C=O) groups is 1. The Morgan fingerprint density at radius 2 is 1.44 bits per heavy atom. The van der Waals surface area contributed by atoms with Crippen LogP contribution in [0.25, 0.3) is 22.1 Å². The summed E-state index contributed by atoms with van der Waals surface area (Å²) in [7, 11) is 4.49. The average Bonchev–Trinajstić information content (AvgIpc) is 2.83. The molecule has 4 aromatic rings. The van der Waals surface area contributed by atoms with E-state index >= 15 is 0 Å². The summed E-state index contributed by atoms with van der Waals surface area (Å²) in [6, 6.07) is 18.7. The van der Waals surface area contributed by atoms with Crippen LogP contribution in [0.2, 0.25) is 0 Å². The van der Waals surface area contributed by atoms with E-state index in [1.54, 1.807) is 67.8 Å². The van der Waals surface area contributed by atoms with Crippen molar-refractivity contribution in [3.63, 3.8) is 0 Å². The van der Waals surface area contributed by atoms with Gasteiger partial charge in [-0.15, -0.1) is 0 Å². The van der Waals surface area contributed by atoms with Gasteiger partial charge in [0.05, 0.1) is 26.9 Å². The Kier molecular flexibility index (Phi) is 5.81. The lowest BCUT2D eigenvalue weighted by atomic mass is 10.1. The summed E-state index contributed by atoms with van der Waals surface area (Å²) >= 11 is 0. The van der Waals surface area contributed by atoms with E-state index in [2.05, 4.69) is 0 Å². The zero-order valence-electron chi connectivity index (χ0n) is 17.7. The van der Waals surface area contributed by atoms with Gasteiger partial charge >= 0.3 is 11.6 Å². The van der Waals surface area contributed by atoms with Crippen molar-refractivity contribution in [1.29, 1.82) is 0 Å². The van der Waals surface area contributed by atoms with Gasteiger partial charge in [0.1, 0.15) is 34.1 Å². The standard InChI is InChI=1S/C25H20O7/c1-28-17-10-7-15(8-11-17)19-13-16-9-12-18(14-22(16)32-24(19)26)31-25(27)23-20(29-2)5-4-6-21(23)30-3/h4-14H,1-3H3. The molecule has 7 nitrogen and oxygen atoms in total. The molecule has 0 bridgehead atoms. The summed E-state index contributed by atoms with van der Waals surface area (Å²) in [5, 5.41) is 0.685. The minimum Gasteiger partial charge on any atom is -0.497 e.